The van der Waals surface area contributed by atoms with Gasteiger partial charge < -0.3 is 5.73 Å². The van der Waals surface area contributed by atoms with E-state index in [1.54, 1.807) is 0 Å². The van der Waals surface area contributed by atoms with Gasteiger partial charge in [0.1, 0.15) is 5.15 Å². The van der Waals surface area contributed by atoms with E-state index in [0.29, 0.717) is 17.7 Å². The fraction of sp³-hybridized carbons (Fsp3) is 0.111. The first-order chi connectivity index (χ1) is 13.0. The van der Waals surface area contributed by atoms with Gasteiger partial charge in [0, 0.05) is 17.3 Å². The number of nitrogens with one attached hydrogen (secondary N) is 1. The highest BCUT2D eigenvalue weighted by Crippen LogP contribution is 2.34. The summed E-state index contributed by atoms with van der Waals surface area (Å²) in [5.74, 6) is -1.18. The maximum Gasteiger partial charge on any atom is 0.273 e. The molecule has 0 saturated heterocycles. The Hall–Kier alpha value is -2.90. The molecular weight excluding hydrogens is 389 g/mol. The van der Waals surface area contributed by atoms with E-state index in [1.807, 2.05) is 24.3 Å². The summed E-state index contributed by atoms with van der Waals surface area (Å²) in [6, 6.07) is 9.10. The van der Waals surface area contributed by atoms with E-state index in [4.69, 9.17) is 28.9 Å². The molecule has 9 heteroatoms. The molecule has 0 bridgehead atoms. The number of nitrogens with zero attached hydrogens (tertiary/aromatic N) is 3. The van der Waals surface area contributed by atoms with Crippen molar-refractivity contribution in [3.05, 3.63) is 69.1 Å². The molecule has 0 saturated carbocycles. The van der Waals surface area contributed by atoms with E-state index in [2.05, 4.69) is 15.5 Å². The van der Waals surface area contributed by atoms with E-state index in [9.17, 15) is 9.59 Å². The van der Waals surface area contributed by atoms with Crippen LogP contribution < -0.4 is 11.2 Å². The Morgan fingerprint density at radius 1 is 1.19 bits per heavy atom. The molecular formula is C18H13Cl2N5O2. The molecule has 2 amide bonds. The molecule has 3 N–H and O–H groups in total. The Morgan fingerprint density at radius 2 is 1.96 bits per heavy atom. The second kappa shape index (κ2) is 6.68. The van der Waals surface area contributed by atoms with Crippen LogP contribution in [-0.2, 0) is 12.8 Å². The summed E-state index contributed by atoms with van der Waals surface area (Å²) < 4.78 is 0. The lowest BCUT2D eigenvalue weighted by Crippen LogP contribution is -2.26. The topological polar surface area (TPSA) is 103 Å². The summed E-state index contributed by atoms with van der Waals surface area (Å²) in [4.78, 5) is 29.6. The highest BCUT2D eigenvalue weighted by Gasteiger charge is 2.28. The lowest BCUT2D eigenvalue weighted by atomic mass is 9.89. The zero-order valence-corrected chi connectivity index (χ0v) is 15.4. The molecule has 7 nitrogen and oxygen atoms in total. The lowest BCUT2D eigenvalue weighted by molar-refractivity contribution is 0.0983. The molecule has 3 aromatic rings. The van der Waals surface area contributed by atoms with Gasteiger partial charge in [-0.2, -0.15) is 4.79 Å². The van der Waals surface area contributed by atoms with Crippen molar-refractivity contribution in [3.8, 4) is 11.3 Å². The quantitative estimate of drug-likeness (QED) is 0.658. The number of aryl methyl sites for hydroxylation is 1. The van der Waals surface area contributed by atoms with Crippen LogP contribution in [0.15, 0.2) is 36.5 Å². The molecule has 4 rings (SSSR count). The highest BCUT2D eigenvalue weighted by atomic mass is 35.5. The molecule has 0 atom stereocenters. The number of aromatic nitrogens is 3. The molecule has 2 aromatic heterocycles. The molecule has 0 aliphatic heterocycles. The predicted octanol–water partition coefficient (Wildman–Crippen LogP) is 2.83. The van der Waals surface area contributed by atoms with Crippen LogP contribution in [0, 0.1) is 0 Å². The Balaban J connectivity index is 1.82. The van der Waals surface area contributed by atoms with E-state index < -0.39 is 11.8 Å². The Labute approximate surface area is 164 Å². The minimum atomic E-state index is -0.649. The molecule has 0 radical (unpaired) electrons. The SMILES string of the molecule is NC(=O)c1nn(NC(=O)c2cc(Cl)ncc2Cl)c2c1CCc1ccccc1-2. The zero-order chi connectivity index (χ0) is 19.1. The van der Waals surface area contributed by atoms with Gasteiger partial charge in [0.2, 0.25) is 0 Å². The summed E-state index contributed by atoms with van der Waals surface area (Å²) in [6.07, 6.45) is 2.65. The molecule has 0 fully saturated rings. The fourth-order valence-corrected chi connectivity index (χ4v) is 3.56. The van der Waals surface area contributed by atoms with Crippen LogP contribution in [-0.4, -0.2) is 26.7 Å². The van der Waals surface area contributed by atoms with Crippen molar-refractivity contribution in [1.82, 2.24) is 14.9 Å². The van der Waals surface area contributed by atoms with Crippen molar-refractivity contribution in [2.75, 3.05) is 5.43 Å². The summed E-state index contributed by atoms with van der Waals surface area (Å²) in [5, 5.41) is 4.51. The van der Waals surface area contributed by atoms with Gasteiger partial charge >= 0.3 is 0 Å². The van der Waals surface area contributed by atoms with Gasteiger partial charge in [0.25, 0.3) is 11.8 Å². The second-order valence-corrected chi connectivity index (χ2v) is 6.83. The van der Waals surface area contributed by atoms with Crippen molar-refractivity contribution in [2.24, 2.45) is 5.73 Å². The number of hydrogen-bond donors (Lipinski definition) is 2. The number of pyridine rings is 1. The summed E-state index contributed by atoms with van der Waals surface area (Å²) in [5.41, 5.74) is 11.8. The van der Waals surface area contributed by atoms with E-state index in [0.717, 1.165) is 17.5 Å². The molecule has 0 spiro atoms. The third kappa shape index (κ3) is 3.05. The van der Waals surface area contributed by atoms with Crippen LogP contribution in [0.1, 0.15) is 32.0 Å². The lowest BCUT2D eigenvalue weighted by Gasteiger charge is -2.18. The molecule has 1 aliphatic rings. The molecule has 0 unspecified atom stereocenters. The Kier molecular flexibility index (Phi) is 4.33. The van der Waals surface area contributed by atoms with E-state index in [-0.39, 0.29) is 21.4 Å². The van der Waals surface area contributed by atoms with Crippen molar-refractivity contribution in [1.29, 1.82) is 0 Å². The van der Waals surface area contributed by atoms with Crippen LogP contribution in [0.2, 0.25) is 10.2 Å². The minimum Gasteiger partial charge on any atom is -0.364 e. The van der Waals surface area contributed by atoms with Gasteiger partial charge in [-0.15, -0.1) is 5.10 Å². The van der Waals surface area contributed by atoms with Crippen molar-refractivity contribution >= 4 is 35.0 Å². The number of nitrogens with two attached hydrogens (primary N) is 1. The summed E-state index contributed by atoms with van der Waals surface area (Å²) >= 11 is 11.9. The van der Waals surface area contributed by atoms with Crippen LogP contribution in [0.25, 0.3) is 11.3 Å². The molecule has 27 heavy (non-hydrogen) atoms. The van der Waals surface area contributed by atoms with Crippen LogP contribution in [0.3, 0.4) is 0 Å². The number of primary amides is 1. The first-order valence-corrected chi connectivity index (χ1v) is 8.83. The van der Waals surface area contributed by atoms with Crippen LogP contribution in [0.4, 0.5) is 0 Å². The smallest absolute Gasteiger partial charge is 0.273 e. The van der Waals surface area contributed by atoms with E-state index in [1.165, 1.54) is 17.1 Å². The Bertz CT molecular complexity index is 1090. The number of amides is 2. The number of benzene rings is 1. The van der Waals surface area contributed by atoms with Crippen molar-refractivity contribution in [3.63, 3.8) is 0 Å². The number of carbonyl (C=O) groups is 2. The Morgan fingerprint density at radius 3 is 2.74 bits per heavy atom. The molecule has 2 heterocycles. The average Bonchev–Trinajstić information content (AvgIpc) is 3.03. The zero-order valence-electron chi connectivity index (χ0n) is 13.9. The molecule has 136 valence electrons. The largest absolute Gasteiger partial charge is 0.364 e. The fourth-order valence-electron chi connectivity index (χ4n) is 3.22. The predicted molar refractivity (Wildman–Crippen MR) is 102 cm³/mol. The van der Waals surface area contributed by atoms with Crippen molar-refractivity contribution < 1.29 is 9.59 Å². The maximum absolute atomic E-state index is 12.7. The standard InChI is InChI=1S/C18H13Cl2N5O2/c19-13-8-22-14(20)7-12(13)18(27)24-25-16-10-4-2-1-3-9(10)5-6-11(16)15(23-25)17(21)26/h1-4,7-8H,5-6H2,(H2,21,26)(H,24,27). The van der Waals surface area contributed by atoms with Gasteiger partial charge in [-0.1, -0.05) is 47.5 Å². The number of halogens is 2. The van der Waals surface area contributed by atoms with E-state index >= 15 is 0 Å². The third-order valence-electron chi connectivity index (χ3n) is 4.41. The second-order valence-electron chi connectivity index (χ2n) is 6.04. The normalized spacial score (nSPS) is 12.2. The van der Waals surface area contributed by atoms with Gasteiger partial charge in [0.15, 0.2) is 5.69 Å². The van der Waals surface area contributed by atoms with Gasteiger partial charge in [-0.05, 0) is 24.5 Å². The third-order valence-corrected chi connectivity index (χ3v) is 4.92. The maximum atomic E-state index is 12.7. The van der Waals surface area contributed by atoms with Crippen molar-refractivity contribution in [2.45, 2.75) is 12.8 Å². The monoisotopic (exact) mass is 401 g/mol. The first kappa shape index (κ1) is 17.5. The summed E-state index contributed by atoms with van der Waals surface area (Å²) in [7, 11) is 0. The van der Waals surface area contributed by atoms with Gasteiger partial charge in [-0.3, -0.25) is 9.59 Å². The van der Waals surface area contributed by atoms with Crippen LogP contribution in [0.5, 0.6) is 0 Å². The number of carbonyl (C=O) groups excluding carboxylic acids is 2. The summed E-state index contributed by atoms with van der Waals surface area (Å²) in [6.45, 7) is 0. The number of rotatable bonds is 3. The van der Waals surface area contributed by atoms with Crippen LogP contribution >= 0.6 is 23.2 Å². The average molecular weight is 402 g/mol. The minimum absolute atomic E-state index is 0.134. The number of fused-ring (bicyclic) bond motifs is 3. The first-order valence-electron chi connectivity index (χ1n) is 8.08. The van der Waals surface area contributed by atoms with Gasteiger partial charge in [-0.25, -0.2) is 10.4 Å². The molecule has 1 aliphatic carbocycles. The highest BCUT2D eigenvalue weighted by molar-refractivity contribution is 6.35. The molecule has 1 aromatic carbocycles. The number of hydrogen-bond acceptors (Lipinski definition) is 4. The van der Waals surface area contributed by atoms with Gasteiger partial charge in [0.05, 0.1) is 16.3 Å².